The first-order chi connectivity index (χ1) is 18.5. The van der Waals surface area contributed by atoms with Crippen molar-refractivity contribution in [2.45, 2.75) is 91.4 Å². The molecule has 4 aromatic carbocycles. The molecule has 3 heteroatoms. The molecule has 218 valence electrons. The van der Waals surface area contributed by atoms with Crippen LogP contribution in [0.2, 0.25) is 0 Å². The second-order valence-corrected chi connectivity index (χ2v) is 14.4. The van der Waals surface area contributed by atoms with E-state index < -0.39 is 0 Å². The van der Waals surface area contributed by atoms with E-state index in [1.807, 2.05) is 12.2 Å². The van der Waals surface area contributed by atoms with Crippen molar-refractivity contribution < 1.29 is 49.0 Å². The third-order valence-corrected chi connectivity index (χ3v) is 8.17. The first-order valence-corrected chi connectivity index (χ1v) is 15.7. The Balaban J connectivity index is 0.000000359. The van der Waals surface area contributed by atoms with Gasteiger partial charge in [-0.05, 0) is 10.8 Å². The average Bonchev–Trinajstić information content (AvgIpc) is 3.58. The van der Waals surface area contributed by atoms with Crippen LogP contribution < -0.4 is 24.8 Å². The largest absolute Gasteiger partial charge is 1.00 e. The molecule has 4 aromatic rings. The molecule has 0 bridgehead atoms. The number of rotatable bonds is 5. The maximum atomic E-state index is 2.99. The average molecular weight is 665 g/mol. The number of unbranched alkanes of at least 4 members (excludes halogenated alkanes) is 1. The van der Waals surface area contributed by atoms with Crippen LogP contribution in [0.15, 0.2) is 91.0 Å². The van der Waals surface area contributed by atoms with E-state index in [1.165, 1.54) is 63.9 Å². The van der Waals surface area contributed by atoms with Crippen LogP contribution in [0.1, 0.15) is 90.8 Å². The van der Waals surface area contributed by atoms with Gasteiger partial charge in [0.2, 0.25) is 0 Å². The number of hydrogen-bond acceptors (Lipinski definition) is 0. The van der Waals surface area contributed by atoms with Gasteiger partial charge >= 0.3 is 95.9 Å². The second kappa shape index (κ2) is 17.5. The molecule has 0 aromatic heterocycles. The van der Waals surface area contributed by atoms with E-state index >= 15 is 0 Å². The number of benzene rings is 3. The summed E-state index contributed by atoms with van der Waals surface area (Å²) in [5, 5.41) is 5.49. The molecule has 1 aliphatic carbocycles. The first kappa shape index (κ1) is 37.4. The Morgan fingerprint density at radius 2 is 1.34 bits per heavy atom. The topological polar surface area (TPSA) is 0 Å². The van der Waals surface area contributed by atoms with Gasteiger partial charge in [0.25, 0.3) is 0 Å². The normalized spacial score (nSPS) is 12.1. The molecule has 0 aliphatic heterocycles. The van der Waals surface area contributed by atoms with Gasteiger partial charge in [-0.1, -0.05) is 76.9 Å². The van der Waals surface area contributed by atoms with E-state index in [-0.39, 0.29) is 35.6 Å². The summed E-state index contributed by atoms with van der Waals surface area (Å²) >= 11 is 1.61. The van der Waals surface area contributed by atoms with Crippen LogP contribution in [-0.2, 0) is 41.5 Å². The zero-order valence-corrected chi connectivity index (χ0v) is 29.9. The fourth-order valence-electron chi connectivity index (χ4n) is 4.59. The van der Waals surface area contributed by atoms with Crippen molar-refractivity contribution in [3.05, 3.63) is 114 Å². The van der Waals surface area contributed by atoms with Crippen LogP contribution in [0.25, 0.3) is 21.5 Å². The van der Waals surface area contributed by atoms with E-state index in [4.69, 9.17) is 0 Å². The SMILES string of the molecule is CC(C)(C)c1ccc2[cH-]c3ccc(C(C)(C)C)cc3c2c1.CCCC[C](=[Zr+2])Cc1ccccc1.[C-]1=CC=CC1.[Cl-].[Cl-]. The number of halogens is 2. The Morgan fingerprint density at radius 3 is 1.73 bits per heavy atom. The Labute approximate surface area is 277 Å². The van der Waals surface area contributed by atoms with Gasteiger partial charge in [0.15, 0.2) is 0 Å². The zero-order chi connectivity index (χ0) is 28.5. The molecule has 5 rings (SSSR count). The minimum Gasteiger partial charge on any atom is -1.00 e. The van der Waals surface area contributed by atoms with Crippen molar-refractivity contribution in [1.29, 1.82) is 0 Å². The molecular weight excluding hydrogens is 619 g/mol. The van der Waals surface area contributed by atoms with Crippen LogP contribution in [0, 0.1) is 6.08 Å². The summed E-state index contributed by atoms with van der Waals surface area (Å²) < 4.78 is 1.69. The Kier molecular flexibility index (Phi) is 15.9. The Hall–Kier alpha value is -1.66. The quantitative estimate of drug-likeness (QED) is 0.270. The summed E-state index contributed by atoms with van der Waals surface area (Å²) in [6, 6.07) is 26.9. The van der Waals surface area contributed by atoms with Crippen molar-refractivity contribution in [2.75, 3.05) is 0 Å². The van der Waals surface area contributed by atoms with Crippen LogP contribution in [0.3, 0.4) is 0 Å². The smallest absolute Gasteiger partial charge is 0.109 e. The van der Waals surface area contributed by atoms with Gasteiger partial charge in [0, 0.05) is 0 Å². The summed E-state index contributed by atoms with van der Waals surface area (Å²) in [6.45, 7) is 15.9. The number of allylic oxidation sites excluding steroid dienone is 4. The minimum atomic E-state index is 0. The van der Waals surface area contributed by atoms with Crippen LogP contribution in [0.5, 0.6) is 0 Å². The third kappa shape index (κ3) is 11.9. The molecule has 41 heavy (non-hydrogen) atoms. The molecule has 0 amide bonds. The van der Waals surface area contributed by atoms with Crippen LogP contribution >= 0.6 is 0 Å². The summed E-state index contributed by atoms with van der Waals surface area (Å²) in [7, 11) is 0. The predicted octanol–water partition coefficient (Wildman–Crippen LogP) is 4.76. The molecule has 0 saturated carbocycles. The van der Waals surface area contributed by atoms with Crippen molar-refractivity contribution in [3.8, 4) is 0 Å². The van der Waals surface area contributed by atoms with E-state index in [1.54, 1.807) is 27.4 Å². The standard InChI is InChI=1S/C21H25.C12H16.C5H5.2ClH.Zr/c1-20(2,3)16-9-7-14-11-15-8-10-17(21(4,5)6)13-19(15)18(14)12-16;1-2-3-4-6-9-12-10-7-5-8-11-12;1-2-4-5-3-1;;;/h7-13H,1-6H3;5,7-8,10-11H,2-4,9H2,1H3;1-3H,4H2;2*1H;/q-1;;-1;;;+2/p-2. The maximum absolute atomic E-state index is 2.99. The zero-order valence-electron chi connectivity index (χ0n) is 26.0. The Morgan fingerprint density at radius 1 is 0.805 bits per heavy atom. The van der Waals surface area contributed by atoms with Crippen molar-refractivity contribution >= 4 is 24.8 Å². The summed E-state index contributed by atoms with van der Waals surface area (Å²) in [4.78, 5) is 0. The van der Waals surface area contributed by atoms with E-state index in [9.17, 15) is 0 Å². The fraction of sp³-hybridized carbons (Fsp3) is 0.368. The van der Waals surface area contributed by atoms with E-state index in [2.05, 4.69) is 133 Å². The van der Waals surface area contributed by atoms with Gasteiger partial charge < -0.3 is 24.8 Å². The summed E-state index contributed by atoms with van der Waals surface area (Å²) in [6.07, 6.45) is 15.2. The summed E-state index contributed by atoms with van der Waals surface area (Å²) in [5.41, 5.74) is 4.66. The third-order valence-electron chi connectivity index (χ3n) is 7.12. The molecule has 0 saturated heterocycles. The van der Waals surface area contributed by atoms with E-state index in [0.717, 1.165) is 6.42 Å². The molecule has 0 nitrogen and oxygen atoms in total. The van der Waals surface area contributed by atoms with Gasteiger partial charge in [-0.2, -0.15) is 6.08 Å². The monoisotopic (exact) mass is 662 g/mol. The molecular formula is C38H46Cl2Zr-2. The molecule has 1 aliphatic rings. The van der Waals surface area contributed by atoms with Gasteiger partial charge in [-0.25, -0.2) is 12.2 Å². The van der Waals surface area contributed by atoms with Gasteiger partial charge in [-0.3, -0.25) is 6.08 Å². The van der Waals surface area contributed by atoms with Gasteiger partial charge in [0.05, 0.1) is 0 Å². The second-order valence-electron chi connectivity index (χ2n) is 12.6. The van der Waals surface area contributed by atoms with Crippen molar-refractivity contribution in [2.24, 2.45) is 0 Å². The molecule has 0 heterocycles. The summed E-state index contributed by atoms with van der Waals surface area (Å²) in [5.74, 6) is 0. The maximum Gasteiger partial charge on any atom is -0.109 e. The predicted molar refractivity (Wildman–Crippen MR) is 171 cm³/mol. The van der Waals surface area contributed by atoms with Crippen molar-refractivity contribution in [3.63, 3.8) is 0 Å². The number of fused-ring (bicyclic) bond motifs is 3. The first-order valence-electron chi connectivity index (χ1n) is 14.4. The van der Waals surface area contributed by atoms with Gasteiger partial charge in [0.1, 0.15) is 0 Å². The molecule has 0 spiro atoms. The van der Waals surface area contributed by atoms with Crippen molar-refractivity contribution in [1.82, 2.24) is 0 Å². The van der Waals surface area contributed by atoms with Gasteiger partial charge in [-0.15, -0.1) is 46.2 Å². The van der Waals surface area contributed by atoms with Crippen LogP contribution in [0.4, 0.5) is 0 Å². The number of hydrogen-bond donors (Lipinski definition) is 0. The molecule has 0 atom stereocenters. The molecule has 0 radical (unpaired) electrons. The molecule has 0 fully saturated rings. The fourth-order valence-corrected chi connectivity index (χ4v) is 5.53. The molecule has 0 unspecified atom stereocenters. The minimum absolute atomic E-state index is 0. The Bertz CT molecular complexity index is 1330. The molecule has 0 N–H and O–H groups in total. The van der Waals surface area contributed by atoms with Crippen LogP contribution in [-0.4, -0.2) is 3.21 Å². The van der Waals surface area contributed by atoms with E-state index in [0.29, 0.717) is 0 Å².